The fourth-order valence-corrected chi connectivity index (χ4v) is 2.18. The summed E-state index contributed by atoms with van der Waals surface area (Å²) >= 11 is 2.92. The van der Waals surface area contributed by atoms with Crippen molar-refractivity contribution in [2.45, 2.75) is 24.8 Å². The maximum atomic E-state index is 13.4. The standard InChI is InChI=1S/C11H8BrF4NO/c12-5-1-7(9(14)8(13)2-5)10(18)17-6-3-11(15,16)4-6/h1-2,6H,3-4H2,(H,17,18). The Balaban J connectivity index is 2.10. The third-order valence-corrected chi connectivity index (χ3v) is 3.12. The van der Waals surface area contributed by atoms with Crippen molar-refractivity contribution in [3.8, 4) is 0 Å². The molecule has 1 aliphatic rings. The lowest BCUT2D eigenvalue weighted by molar-refractivity contribution is -0.0901. The fourth-order valence-electron chi connectivity index (χ4n) is 1.75. The Labute approximate surface area is 108 Å². The van der Waals surface area contributed by atoms with E-state index >= 15 is 0 Å². The number of halogens is 5. The predicted molar refractivity (Wildman–Crippen MR) is 59.5 cm³/mol. The first-order valence-electron chi connectivity index (χ1n) is 5.12. The van der Waals surface area contributed by atoms with Gasteiger partial charge in [0.1, 0.15) is 0 Å². The first kappa shape index (κ1) is 13.3. The van der Waals surface area contributed by atoms with Crippen LogP contribution in [0.3, 0.4) is 0 Å². The number of hydrogen-bond donors (Lipinski definition) is 1. The van der Waals surface area contributed by atoms with E-state index in [0.29, 0.717) is 0 Å². The summed E-state index contributed by atoms with van der Waals surface area (Å²) in [6.45, 7) is 0. The van der Waals surface area contributed by atoms with Crippen molar-refractivity contribution in [1.82, 2.24) is 5.32 Å². The predicted octanol–water partition coefficient (Wildman–Crippen LogP) is 3.25. The molecule has 0 radical (unpaired) electrons. The van der Waals surface area contributed by atoms with Crippen molar-refractivity contribution in [3.63, 3.8) is 0 Å². The Hall–Kier alpha value is -1.11. The molecule has 0 bridgehead atoms. The molecule has 7 heteroatoms. The van der Waals surface area contributed by atoms with E-state index in [0.717, 1.165) is 12.1 Å². The molecule has 0 aliphatic heterocycles. The van der Waals surface area contributed by atoms with Gasteiger partial charge in [0.05, 0.1) is 5.56 Å². The van der Waals surface area contributed by atoms with Gasteiger partial charge in [-0.05, 0) is 12.1 Å². The minimum absolute atomic E-state index is 0.200. The van der Waals surface area contributed by atoms with Crippen LogP contribution in [0.15, 0.2) is 16.6 Å². The van der Waals surface area contributed by atoms with Gasteiger partial charge in [-0.1, -0.05) is 15.9 Å². The molecule has 2 nitrogen and oxygen atoms in total. The highest BCUT2D eigenvalue weighted by atomic mass is 79.9. The normalized spacial score (nSPS) is 18.3. The molecule has 0 atom stereocenters. The molecule has 2 rings (SSSR count). The Bertz CT molecular complexity index is 498. The molecule has 0 saturated heterocycles. The summed E-state index contributed by atoms with van der Waals surface area (Å²) in [6, 6.07) is 1.28. The van der Waals surface area contributed by atoms with Crippen LogP contribution in [0, 0.1) is 11.6 Å². The quantitative estimate of drug-likeness (QED) is 0.656. The highest BCUT2D eigenvalue weighted by Gasteiger charge is 2.46. The maximum absolute atomic E-state index is 13.4. The molecule has 1 fully saturated rings. The molecule has 1 aromatic carbocycles. The van der Waals surface area contributed by atoms with Crippen molar-refractivity contribution < 1.29 is 22.4 Å². The molecule has 0 unspecified atom stereocenters. The monoisotopic (exact) mass is 325 g/mol. The van der Waals surface area contributed by atoms with Gasteiger partial charge in [-0.3, -0.25) is 4.79 Å². The van der Waals surface area contributed by atoms with Gasteiger partial charge >= 0.3 is 0 Å². The largest absolute Gasteiger partial charge is 0.349 e. The first-order chi connectivity index (χ1) is 8.28. The molecule has 1 aromatic rings. The molecule has 0 spiro atoms. The molecule has 1 saturated carbocycles. The van der Waals surface area contributed by atoms with E-state index in [-0.39, 0.29) is 4.47 Å². The Morgan fingerprint density at radius 3 is 2.50 bits per heavy atom. The average Bonchev–Trinajstić information content (AvgIpc) is 2.20. The van der Waals surface area contributed by atoms with Crippen LogP contribution in [-0.4, -0.2) is 17.9 Å². The fraction of sp³-hybridized carbons (Fsp3) is 0.364. The van der Waals surface area contributed by atoms with Crippen molar-refractivity contribution >= 4 is 21.8 Å². The van der Waals surface area contributed by atoms with Crippen LogP contribution >= 0.6 is 15.9 Å². The molecule has 18 heavy (non-hydrogen) atoms. The number of benzene rings is 1. The number of amides is 1. The van der Waals surface area contributed by atoms with E-state index in [1.54, 1.807) is 0 Å². The lowest BCUT2D eigenvalue weighted by Gasteiger charge is -2.35. The summed E-state index contributed by atoms with van der Waals surface area (Å²) in [5.74, 6) is -6.14. The van der Waals surface area contributed by atoms with Crippen molar-refractivity contribution in [2.24, 2.45) is 0 Å². The second-order valence-electron chi connectivity index (χ2n) is 4.18. The summed E-state index contributed by atoms with van der Waals surface area (Å²) < 4.78 is 51.7. The Morgan fingerprint density at radius 2 is 1.94 bits per heavy atom. The van der Waals surface area contributed by atoms with Crippen LogP contribution in [0.1, 0.15) is 23.2 Å². The molecule has 1 amide bonds. The summed E-state index contributed by atoms with van der Waals surface area (Å²) in [5.41, 5.74) is -0.503. The number of carbonyl (C=O) groups is 1. The molecular weight excluding hydrogens is 318 g/mol. The summed E-state index contributed by atoms with van der Waals surface area (Å²) in [4.78, 5) is 11.6. The zero-order chi connectivity index (χ0) is 13.5. The minimum Gasteiger partial charge on any atom is -0.349 e. The zero-order valence-corrected chi connectivity index (χ0v) is 10.5. The van der Waals surface area contributed by atoms with E-state index < -0.39 is 47.9 Å². The lowest BCUT2D eigenvalue weighted by atomic mass is 9.88. The van der Waals surface area contributed by atoms with Crippen LogP contribution in [0.5, 0.6) is 0 Å². The van der Waals surface area contributed by atoms with Crippen LogP contribution in [0.25, 0.3) is 0 Å². The second kappa shape index (κ2) is 4.53. The van der Waals surface area contributed by atoms with Crippen molar-refractivity contribution in [2.75, 3.05) is 0 Å². The minimum atomic E-state index is -2.78. The van der Waals surface area contributed by atoms with Gasteiger partial charge in [-0.15, -0.1) is 0 Å². The van der Waals surface area contributed by atoms with Gasteiger partial charge in [-0.2, -0.15) is 0 Å². The van der Waals surface area contributed by atoms with Crippen LogP contribution in [-0.2, 0) is 0 Å². The number of nitrogens with one attached hydrogen (secondary N) is 1. The van der Waals surface area contributed by atoms with E-state index in [2.05, 4.69) is 21.2 Å². The highest BCUT2D eigenvalue weighted by Crippen LogP contribution is 2.37. The van der Waals surface area contributed by atoms with E-state index in [9.17, 15) is 22.4 Å². The van der Waals surface area contributed by atoms with Crippen molar-refractivity contribution in [1.29, 1.82) is 0 Å². The van der Waals surface area contributed by atoms with Gasteiger partial charge in [0.2, 0.25) is 0 Å². The van der Waals surface area contributed by atoms with Crippen LogP contribution < -0.4 is 5.32 Å². The lowest BCUT2D eigenvalue weighted by Crippen LogP contribution is -2.50. The number of alkyl halides is 2. The van der Waals surface area contributed by atoms with Crippen molar-refractivity contribution in [3.05, 3.63) is 33.8 Å². The molecule has 98 valence electrons. The first-order valence-corrected chi connectivity index (χ1v) is 5.91. The third kappa shape index (κ3) is 2.66. The van der Waals surface area contributed by atoms with Gasteiger partial charge < -0.3 is 5.32 Å². The molecule has 1 aliphatic carbocycles. The maximum Gasteiger partial charge on any atom is 0.254 e. The second-order valence-corrected chi connectivity index (χ2v) is 5.10. The topological polar surface area (TPSA) is 29.1 Å². The summed E-state index contributed by atoms with van der Waals surface area (Å²) in [6.07, 6.45) is -0.951. The highest BCUT2D eigenvalue weighted by molar-refractivity contribution is 9.10. The SMILES string of the molecule is O=C(NC1CC(F)(F)C1)c1cc(Br)cc(F)c1F. The average molecular weight is 326 g/mol. The Morgan fingerprint density at radius 1 is 1.33 bits per heavy atom. The number of rotatable bonds is 2. The van der Waals surface area contributed by atoms with Crippen LogP contribution in [0.2, 0.25) is 0 Å². The van der Waals surface area contributed by atoms with E-state index in [4.69, 9.17) is 0 Å². The molecular formula is C11H8BrF4NO. The van der Waals surface area contributed by atoms with Gasteiger partial charge in [0, 0.05) is 23.4 Å². The smallest absolute Gasteiger partial charge is 0.254 e. The number of hydrogen-bond acceptors (Lipinski definition) is 1. The van der Waals surface area contributed by atoms with E-state index in [1.807, 2.05) is 0 Å². The number of carbonyl (C=O) groups excluding carboxylic acids is 1. The van der Waals surface area contributed by atoms with Crippen LogP contribution in [0.4, 0.5) is 17.6 Å². The third-order valence-electron chi connectivity index (χ3n) is 2.66. The van der Waals surface area contributed by atoms with Gasteiger partial charge in [0.15, 0.2) is 11.6 Å². The molecule has 0 aromatic heterocycles. The van der Waals surface area contributed by atoms with E-state index in [1.165, 1.54) is 0 Å². The Kier molecular flexibility index (Phi) is 3.35. The van der Waals surface area contributed by atoms with Gasteiger partial charge in [-0.25, -0.2) is 17.6 Å². The molecule has 0 heterocycles. The van der Waals surface area contributed by atoms with Gasteiger partial charge in [0.25, 0.3) is 11.8 Å². The zero-order valence-electron chi connectivity index (χ0n) is 8.94. The summed E-state index contributed by atoms with van der Waals surface area (Å²) in [5, 5.41) is 2.24. The molecule has 1 N–H and O–H groups in total. The summed E-state index contributed by atoms with van der Waals surface area (Å²) in [7, 11) is 0.